The van der Waals surface area contributed by atoms with Crippen molar-refractivity contribution in [1.82, 2.24) is 0 Å². The minimum absolute atomic E-state index is 0.0227. The molecule has 0 saturated carbocycles. The van der Waals surface area contributed by atoms with Crippen molar-refractivity contribution in [2.24, 2.45) is 0 Å². The highest BCUT2D eigenvalue weighted by Crippen LogP contribution is 2.37. The first-order valence-electron chi connectivity index (χ1n) is 6.11. The molecule has 0 aliphatic heterocycles. The zero-order valence-corrected chi connectivity index (χ0v) is 10.9. The van der Waals surface area contributed by atoms with E-state index in [-0.39, 0.29) is 11.9 Å². The van der Waals surface area contributed by atoms with Crippen LogP contribution in [0.25, 0.3) is 11.1 Å². The number of para-hydroxylation sites is 1. The third-order valence-electron chi connectivity index (χ3n) is 2.67. The Morgan fingerprint density at radius 3 is 2.37 bits per heavy atom. The largest absolute Gasteiger partial charge is 0.504 e. The topological polar surface area (TPSA) is 53.2 Å². The van der Waals surface area contributed by atoms with Crippen molar-refractivity contribution in [3.05, 3.63) is 48.0 Å². The first-order chi connectivity index (χ1) is 9.11. The molecule has 2 aromatic carbocycles. The molecule has 1 N–H and O–H groups in total. The Morgan fingerprint density at radius 1 is 1.11 bits per heavy atom. The molecule has 96 valence electrons. The van der Waals surface area contributed by atoms with E-state index in [1.807, 2.05) is 32.0 Å². The summed E-state index contributed by atoms with van der Waals surface area (Å²) in [6.45, 7) is 3.82. The number of benzene rings is 2. The van der Waals surface area contributed by atoms with Crippen molar-refractivity contribution < 1.29 is 9.84 Å². The van der Waals surface area contributed by atoms with E-state index < -0.39 is 0 Å². The number of phenols is 1. The fraction of sp³-hybridized carbons (Fsp3) is 0.188. The fourth-order valence-corrected chi connectivity index (χ4v) is 1.84. The van der Waals surface area contributed by atoms with Crippen LogP contribution in [0, 0.1) is 11.3 Å². The second-order valence-electron chi connectivity index (χ2n) is 4.51. The molecule has 19 heavy (non-hydrogen) atoms. The summed E-state index contributed by atoms with van der Waals surface area (Å²) in [6.07, 6.45) is -0.0227. The second-order valence-corrected chi connectivity index (χ2v) is 4.51. The van der Waals surface area contributed by atoms with E-state index in [4.69, 9.17) is 10.00 Å². The molecule has 0 aliphatic carbocycles. The summed E-state index contributed by atoms with van der Waals surface area (Å²) in [5, 5.41) is 18.7. The van der Waals surface area contributed by atoms with Gasteiger partial charge in [0, 0.05) is 5.56 Å². The Kier molecular flexibility index (Phi) is 3.72. The molecule has 0 aromatic heterocycles. The lowest BCUT2D eigenvalue weighted by Gasteiger charge is -2.15. The molecule has 0 spiro atoms. The Bertz CT molecular complexity index is 610. The zero-order valence-electron chi connectivity index (χ0n) is 10.9. The van der Waals surface area contributed by atoms with Gasteiger partial charge in [0.1, 0.15) is 0 Å². The maximum absolute atomic E-state index is 9.92. The molecule has 0 aliphatic rings. The Labute approximate surface area is 112 Å². The minimum Gasteiger partial charge on any atom is -0.504 e. The summed E-state index contributed by atoms with van der Waals surface area (Å²) in [4.78, 5) is 0. The lowest BCUT2D eigenvalue weighted by Crippen LogP contribution is -2.06. The summed E-state index contributed by atoms with van der Waals surface area (Å²) in [6, 6.07) is 14.5. The summed E-state index contributed by atoms with van der Waals surface area (Å²) in [7, 11) is 0. The predicted octanol–water partition coefficient (Wildman–Crippen LogP) is 3.72. The standard InChI is InChI=1S/C16H15NO2/c1-11(2)19-16-14(4-3-5-15(16)18)13-8-6-12(10-17)7-9-13/h3-9,11,18H,1-2H3. The molecule has 0 bridgehead atoms. The first-order valence-corrected chi connectivity index (χ1v) is 6.11. The summed E-state index contributed by atoms with van der Waals surface area (Å²) in [5.41, 5.74) is 2.33. The maximum atomic E-state index is 9.92. The third kappa shape index (κ3) is 2.86. The molecule has 0 heterocycles. The highest BCUT2D eigenvalue weighted by molar-refractivity contribution is 5.74. The molecular weight excluding hydrogens is 238 g/mol. The van der Waals surface area contributed by atoms with Crippen LogP contribution in [0.2, 0.25) is 0 Å². The van der Waals surface area contributed by atoms with Gasteiger partial charge in [-0.2, -0.15) is 5.26 Å². The number of ether oxygens (including phenoxy) is 1. The van der Waals surface area contributed by atoms with Crippen LogP contribution in [0.5, 0.6) is 11.5 Å². The molecule has 2 rings (SSSR count). The molecule has 3 heteroatoms. The molecule has 0 atom stereocenters. The molecular formula is C16H15NO2. The van der Waals surface area contributed by atoms with Gasteiger partial charge in [0.05, 0.1) is 17.7 Å². The summed E-state index contributed by atoms with van der Waals surface area (Å²) >= 11 is 0. The van der Waals surface area contributed by atoms with Crippen molar-refractivity contribution >= 4 is 0 Å². The van der Waals surface area contributed by atoms with Crippen molar-refractivity contribution in [1.29, 1.82) is 5.26 Å². The zero-order chi connectivity index (χ0) is 13.8. The highest BCUT2D eigenvalue weighted by atomic mass is 16.5. The van der Waals surface area contributed by atoms with Gasteiger partial charge in [0.2, 0.25) is 0 Å². The molecule has 3 nitrogen and oxygen atoms in total. The van der Waals surface area contributed by atoms with Gasteiger partial charge >= 0.3 is 0 Å². The van der Waals surface area contributed by atoms with Crippen LogP contribution >= 0.6 is 0 Å². The van der Waals surface area contributed by atoms with Crippen LogP contribution in [0.4, 0.5) is 0 Å². The van der Waals surface area contributed by atoms with Gasteiger partial charge in [-0.25, -0.2) is 0 Å². The Balaban J connectivity index is 2.48. The van der Waals surface area contributed by atoms with Crippen molar-refractivity contribution in [3.8, 4) is 28.7 Å². The first kappa shape index (κ1) is 13.0. The average Bonchev–Trinajstić information content (AvgIpc) is 2.41. The molecule has 0 saturated heterocycles. The van der Waals surface area contributed by atoms with Gasteiger partial charge in [0.25, 0.3) is 0 Å². The van der Waals surface area contributed by atoms with Gasteiger partial charge in [-0.3, -0.25) is 0 Å². The normalized spacial score (nSPS) is 10.2. The fourth-order valence-electron chi connectivity index (χ4n) is 1.84. The number of nitriles is 1. The SMILES string of the molecule is CC(C)Oc1c(O)cccc1-c1ccc(C#N)cc1. The quantitative estimate of drug-likeness (QED) is 0.907. The van der Waals surface area contributed by atoms with Gasteiger partial charge in [-0.05, 0) is 37.6 Å². The second kappa shape index (κ2) is 5.45. The van der Waals surface area contributed by atoms with Gasteiger partial charge in [0.15, 0.2) is 11.5 Å². The Morgan fingerprint density at radius 2 is 1.79 bits per heavy atom. The highest BCUT2D eigenvalue weighted by Gasteiger charge is 2.12. The third-order valence-corrected chi connectivity index (χ3v) is 2.67. The number of nitrogens with zero attached hydrogens (tertiary/aromatic N) is 1. The van der Waals surface area contributed by atoms with Crippen molar-refractivity contribution in [2.45, 2.75) is 20.0 Å². The van der Waals surface area contributed by atoms with Crippen LogP contribution in [0.15, 0.2) is 42.5 Å². The average molecular weight is 253 g/mol. The molecule has 0 unspecified atom stereocenters. The number of aromatic hydroxyl groups is 1. The van der Waals surface area contributed by atoms with E-state index in [2.05, 4.69) is 6.07 Å². The predicted molar refractivity (Wildman–Crippen MR) is 74.0 cm³/mol. The van der Waals surface area contributed by atoms with E-state index >= 15 is 0 Å². The lowest BCUT2D eigenvalue weighted by atomic mass is 10.0. The van der Waals surface area contributed by atoms with E-state index in [0.29, 0.717) is 11.3 Å². The number of rotatable bonds is 3. The minimum atomic E-state index is -0.0227. The van der Waals surface area contributed by atoms with Gasteiger partial charge in [-0.15, -0.1) is 0 Å². The number of hydrogen-bond donors (Lipinski definition) is 1. The maximum Gasteiger partial charge on any atom is 0.169 e. The molecule has 0 radical (unpaired) electrons. The Hall–Kier alpha value is -2.47. The van der Waals surface area contributed by atoms with Crippen LogP contribution < -0.4 is 4.74 Å². The van der Waals surface area contributed by atoms with Crippen LogP contribution in [0.3, 0.4) is 0 Å². The van der Waals surface area contributed by atoms with Crippen LogP contribution in [-0.4, -0.2) is 11.2 Å². The van der Waals surface area contributed by atoms with E-state index in [1.54, 1.807) is 24.3 Å². The molecule has 0 fully saturated rings. The lowest BCUT2D eigenvalue weighted by molar-refractivity contribution is 0.233. The van der Waals surface area contributed by atoms with Crippen LogP contribution in [-0.2, 0) is 0 Å². The van der Waals surface area contributed by atoms with E-state index in [1.165, 1.54) is 0 Å². The van der Waals surface area contributed by atoms with Gasteiger partial charge in [-0.1, -0.05) is 24.3 Å². The van der Waals surface area contributed by atoms with E-state index in [9.17, 15) is 5.11 Å². The smallest absolute Gasteiger partial charge is 0.169 e. The molecule has 0 amide bonds. The molecule has 2 aromatic rings. The van der Waals surface area contributed by atoms with Crippen molar-refractivity contribution in [3.63, 3.8) is 0 Å². The van der Waals surface area contributed by atoms with Crippen LogP contribution in [0.1, 0.15) is 19.4 Å². The summed E-state index contributed by atoms with van der Waals surface area (Å²) < 4.78 is 5.67. The number of hydrogen-bond acceptors (Lipinski definition) is 3. The van der Waals surface area contributed by atoms with Crippen molar-refractivity contribution in [2.75, 3.05) is 0 Å². The monoisotopic (exact) mass is 253 g/mol. The van der Waals surface area contributed by atoms with E-state index in [0.717, 1.165) is 11.1 Å². The van der Waals surface area contributed by atoms with Gasteiger partial charge < -0.3 is 9.84 Å². The number of phenolic OH excluding ortho intramolecular Hbond substituents is 1. The summed E-state index contributed by atoms with van der Waals surface area (Å²) in [5.74, 6) is 0.595.